The number of hydrogen-bond donors (Lipinski definition) is 4. The van der Waals surface area contributed by atoms with Crippen molar-refractivity contribution in [1.82, 2.24) is 0 Å². The van der Waals surface area contributed by atoms with Crippen LogP contribution in [0.25, 0.3) is 11.1 Å². The molecule has 0 aliphatic carbocycles. The van der Waals surface area contributed by atoms with Gasteiger partial charge in [-0.2, -0.15) is 0 Å². The first kappa shape index (κ1) is 35.5. The van der Waals surface area contributed by atoms with Crippen LogP contribution >= 0.6 is 0 Å². The van der Waals surface area contributed by atoms with Gasteiger partial charge >= 0.3 is 0 Å². The highest BCUT2D eigenvalue weighted by molar-refractivity contribution is 7.91. The number of carbonyl (C=O) groups is 2. The summed E-state index contributed by atoms with van der Waals surface area (Å²) in [7, 11) is -4.02. The second kappa shape index (κ2) is 14.5. The highest BCUT2D eigenvalue weighted by Crippen LogP contribution is 2.46. The molecule has 50 heavy (non-hydrogen) atoms. The molecule has 2 saturated heterocycles. The van der Waals surface area contributed by atoms with Crippen molar-refractivity contribution >= 4 is 27.2 Å². The number of rotatable bonds is 11. The summed E-state index contributed by atoms with van der Waals surface area (Å²) < 4.78 is 58.7. The zero-order valence-electron chi connectivity index (χ0n) is 26.5. The number of anilines is 1. The average Bonchev–Trinajstić information content (AvgIpc) is 3.12. The van der Waals surface area contributed by atoms with E-state index in [-0.39, 0.29) is 29.4 Å². The Balaban J connectivity index is 1.18. The summed E-state index contributed by atoms with van der Waals surface area (Å²) >= 11 is 0. The maximum atomic E-state index is 13.7. The first-order chi connectivity index (χ1) is 23.9. The Hall–Kier alpha value is -4.37. The molecule has 0 aromatic heterocycles. The van der Waals surface area contributed by atoms with Crippen LogP contribution in [0.15, 0.2) is 102 Å². The number of sulfone groups is 1. The molecule has 13 heteroatoms. The predicted molar refractivity (Wildman–Crippen MR) is 178 cm³/mol. The van der Waals surface area contributed by atoms with Crippen LogP contribution in [0.2, 0.25) is 0 Å². The van der Waals surface area contributed by atoms with Crippen molar-refractivity contribution in [2.75, 3.05) is 17.3 Å². The quantitative estimate of drug-likeness (QED) is 0.135. The molecule has 1 amide bonds. The van der Waals surface area contributed by atoms with E-state index in [0.717, 1.165) is 11.1 Å². The van der Waals surface area contributed by atoms with Gasteiger partial charge in [-0.25, -0.2) is 17.2 Å². The first-order valence-corrected chi connectivity index (χ1v) is 17.6. The Morgan fingerprint density at radius 3 is 1.86 bits per heavy atom. The Kier molecular flexibility index (Phi) is 10.3. The second-order valence-corrected chi connectivity index (χ2v) is 14.5. The Morgan fingerprint density at radius 2 is 1.28 bits per heavy atom. The summed E-state index contributed by atoms with van der Waals surface area (Å²) in [6.07, 6.45) is -7.25. The first-order valence-electron chi connectivity index (χ1n) is 16.0. The van der Waals surface area contributed by atoms with Crippen molar-refractivity contribution in [3.8, 4) is 11.1 Å². The maximum absolute atomic E-state index is 13.7. The Labute approximate surface area is 287 Å². The lowest BCUT2D eigenvalue weighted by Gasteiger charge is -2.47. The van der Waals surface area contributed by atoms with Crippen LogP contribution in [0.3, 0.4) is 0 Å². The Bertz CT molecular complexity index is 1940. The molecule has 2 aliphatic heterocycles. The predicted octanol–water partition coefficient (Wildman–Crippen LogP) is 3.62. The van der Waals surface area contributed by atoms with Gasteiger partial charge < -0.3 is 30.1 Å². The molecule has 7 atom stereocenters. The Morgan fingerprint density at radius 1 is 0.740 bits per heavy atom. The monoisotopic (exact) mass is 707 g/mol. The van der Waals surface area contributed by atoms with Crippen LogP contribution in [-0.4, -0.2) is 83.4 Å². The van der Waals surface area contributed by atoms with E-state index in [1.54, 1.807) is 17.0 Å². The summed E-state index contributed by atoms with van der Waals surface area (Å²) in [6.45, 7) is -0.672. The van der Waals surface area contributed by atoms with Crippen molar-refractivity contribution in [3.63, 3.8) is 0 Å². The molecule has 1 unspecified atom stereocenters. The van der Waals surface area contributed by atoms with Crippen LogP contribution in [0.4, 0.5) is 14.5 Å². The van der Waals surface area contributed by atoms with Gasteiger partial charge in [0.1, 0.15) is 42.2 Å². The minimum atomic E-state index is -4.02. The molecule has 4 N–H and O–H groups in total. The molecule has 4 aromatic rings. The lowest BCUT2D eigenvalue weighted by molar-refractivity contribution is -0.223. The molecule has 0 spiro atoms. The number of β-lactam (4-membered cyclic amide) rings is 1. The molecule has 262 valence electrons. The maximum Gasteiger partial charge on any atom is 0.233 e. The van der Waals surface area contributed by atoms with Crippen molar-refractivity contribution in [3.05, 3.63) is 120 Å². The van der Waals surface area contributed by atoms with Gasteiger partial charge in [0, 0.05) is 17.7 Å². The molecular weight excluding hydrogens is 672 g/mol. The van der Waals surface area contributed by atoms with Crippen LogP contribution < -0.4 is 4.90 Å². The van der Waals surface area contributed by atoms with E-state index in [2.05, 4.69) is 0 Å². The number of benzene rings is 4. The molecule has 2 aliphatic rings. The van der Waals surface area contributed by atoms with Crippen LogP contribution in [0, 0.1) is 17.6 Å². The molecule has 4 aromatic carbocycles. The third-order valence-electron chi connectivity index (χ3n) is 9.34. The van der Waals surface area contributed by atoms with Crippen LogP contribution in [0.5, 0.6) is 0 Å². The van der Waals surface area contributed by atoms with E-state index in [0.29, 0.717) is 16.8 Å². The van der Waals surface area contributed by atoms with Crippen LogP contribution in [-0.2, 0) is 19.4 Å². The number of ketones is 1. The molecule has 10 nitrogen and oxygen atoms in total. The van der Waals surface area contributed by atoms with Gasteiger partial charge in [0.15, 0.2) is 15.6 Å². The lowest BCUT2D eigenvalue weighted by atomic mass is 9.78. The van der Waals surface area contributed by atoms with Gasteiger partial charge in [-0.05, 0) is 83.8 Å². The number of amides is 1. The van der Waals surface area contributed by atoms with Gasteiger partial charge in [-0.15, -0.1) is 0 Å². The molecule has 0 saturated carbocycles. The van der Waals surface area contributed by atoms with Crippen LogP contribution in [0.1, 0.15) is 34.8 Å². The molecule has 0 radical (unpaired) electrons. The van der Waals surface area contributed by atoms with Gasteiger partial charge in [-0.3, -0.25) is 9.59 Å². The molecule has 2 fully saturated rings. The zero-order valence-corrected chi connectivity index (χ0v) is 27.4. The molecular formula is C37H35F2NO9S. The van der Waals surface area contributed by atoms with E-state index in [9.17, 15) is 47.2 Å². The third-order valence-corrected chi connectivity index (χ3v) is 11.1. The third kappa shape index (κ3) is 7.11. The standard InChI is InChI=1S/C37H35F2NO9S/c38-25-9-5-23(6-10-25)30(42)18-17-29-33(40(37(29)46)27-13-11-26(39)12-14-27)24-3-1-21(2-4-24)22-7-15-28(16-8-22)50(47,48)20-32-35(44)36(45)34(43)31(19-41)49-32/h1-16,29,31-36,41,43-45H,17-20H2/t29-,31-,32?,33-,34-,35+,36+/m1/s1. The minimum absolute atomic E-state index is 0.0595. The number of ether oxygens (including phenoxy) is 1. The van der Waals surface area contributed by atoms with Gasteiger partial charge in [0.25, 0.3) is 0 Å². The van der Waals surface area contributed by atoms with E-state index in [1.807, 2.05) is 24.3 Å². The van der Waals surface area contributed by atoms with Crippen molar-refractivity contribution in [2.24, 2.45) is 5.92 Å². The highest BCUT2D eigenvalue weighted by atomic mass is 32.2. The highest BCUT2D eigenvalue weighted by Gasteiger charge is 2.48. The van der Waals surface area contributed by atoms with Crippen molar-refractivity contribution in [2.45, 2.75) is 54.3 Å². The number of nitrogens with zero attached hydrogens (tertiary/aromatic N) is 1. The zero-order chi connectivity index (χ0) is 35.7. The van der Waals surface area contributed by atoms with E-state index < -0.39 is 76.3 Å². The fourth-order valence-corrected chi connectivity index (χ4v) is 7.98. The van der Waals surface area contributed by atoms with Gasteiger partial charge in [0.05, 0.1) is 29.2 Å². The number of hydrogen-bond acceptors (Lipinski definition) is 9. The summed E-state index contributed by atoms with van der Waals surface area (Å²) in [6, 6.07) is 23.7. The number of aliphatic hydroxyl groups excluding tert-OH is 4. The second-order valence-electron chi connectivity index (χ2n) is 12.5. The van der Waals surface area contributed by atoms with Crippen molar-refractivity contribution < 1.29 is 52.0 Å². The summed E-state index contributed by atoms with van der Waals surface area (Å²) in [5.41, 5.74) is 3.06. The minimum Gasteiger partial charge on any atom is -0.394 e. The number of Topliss-reactive ketones (excluding diaryl/α,β-unsaturated/α-hetero) is 1. The summed E-state index contributed by atoms with van der Waals surface area (Å²) in [4.78, 5) is 27.7. The molecule has 6 rings (SSSR count). The number of halogens is 2. The van der Waals surface area contributed by atoms with E-state index in [1.165, 1.54) is 60.7 Å². The smallest absolute Gasteiger partial charge is 0.233 e. The fraction of sp³-hybridized carbons (Fsp3) is 0.297. The number of carbonyl (C=O) groups excluding carboxylic acids is 2. The molecule has 2 heterocycles. The fourth-order valence-electron chi connectivity index (χ4n) is 6.52. The van der Waals surface area contributed by atoms with Gasteiger partial charge in [-0.1, -0.05) is 36.4 Å². The summed E-state index contributed by atoms with van der Waals surface area (Å²) in [5.74, 6) is -2.56. The van der Waals surface area contributed by atoms with E-state index in [4.69, 9.17) is 4.74 Å². The normalized spacial score (nSPS) is 25.3. The SMILES string of the molecule is O=C(CC[C@H]1C(=O)N(c2ccc(F)cc2)[C@@H]1c1ccc(-c2ccc(S(=O)(=O)CC3O[C@H](CO)[C@@H](O)[C@H](O)[C@H]3O)cc2)cc1)c1ccc(F)cc1. The average molecular weight is 708 g/mol. The van der Waals surface area contributed by atoms with E-state index >= 15 is 0 Å². The van der Waals surface area contributed by atoms with Gasteiger partial charge in [0.2, 0.25) is 5.91 Å². The van der Waals surface area contributed by atoms with Crippen molar-refractivity contribution in [1.29, 1.82) is 0 Å². The largest absolute Gasteiger partial charge is 0.394 e. The summed E-state index contributed by atoms with van der Waals surface area (Å²) in [5, 5.41) is 39.7. The molecule has 0 bridgehead atoms. The lowest BCUT2D eigenvalue weighted by Crippen LogP contribution is -2.60. The number of aliphatic hydroxyl groups is 4. The topological polar surface area (TPSA) is 162 Å².